The predicted molar refractivity (Wildman–Crippen MR) is 80.7 cm³/mol. The number of carbonyl (C=O) groups is 1. The standard InChI is InChI=1S/C14H20Cl2N2O/c1-10(17)4-7-14(19)18-8-2-3-11-5-6-12(15)9-13(11)16/h5-6,9-10H,2-4,7-8,17H2,1H3,(H,18,19). The van der Waals surface area contributed by atoms with E-state index in [4.69, 9.17) is 28.9 Å². The molecule has 3 N–H and O–H groups in total. The Kier molecular flexibility index (Phi) is 7.21. The summed E-state index contributed by atoms with van der Waals surface area (Å²) in [4.78, 5) is 11.5. The van der Waals surface area contributed by atoms with Crippen molar-refractivity contribution in [3.8, 4) is 0 Å². The van der Waals surface area contributed by atoms with E-state index in [0.29, 0.717) is 23.0 Å². The van der Waals surface area contributed by atoms with E-state index >= 15 is 0 Å². The number of nitrogens with two attached hydrogens (primary N) is 1. The average molecular weight is 303 g/mol. The number of aryl methyl sites for hydroxylation is 1. The Morgan fingerprint density at radius 1 is 1.42 bits per heavy atom. The van der Waals surface area contributed by atoms with Gasteiger partial charge in [0.1, 0.15) is 0 Å². The summed E-state index contributed by atoms with van der Waals surface area (Å²) in [6.45, 7) is 2.55. The lowest BCUT2D eigenvalue weighted by Crippen LogP contribution is -2.26. The van der Waals surface area contributed by atoms with E-state index in [1.807, 2.05) is 19.1 Å². The molecule has 0 bridgehead atoms. The Morgan fingerprint density at radius 3 is 2.79 bits per heavy atom. The van der Waals surface area contributed by atoms with Crippen LogP contribution in [0.2, 0.25) is 10.0 Å². The number of halogens is 2. The van der Waals surface area contributed by atoms with Crippen molar-refractivity contribution < 1.29 is 4.79 Å². The van der Waals surface area contributed by atoms with Crippen molar-refractivity contribution in [3.63, 3.8) is 0 Å². The molecule has 1 unspecified atom stereocenters. The van der Waals surface area contributed by atoms with Crippen molar-refractivity contribution in [2.24, 2.45) is 5.73 Å². The van der Waals surface area contributed by atoms with Crippen LogP contribution in [-0.4, -0.2) is 18.5 Å². The van der Waals surface area contributed by atoms with Gasteiger partial charge < -0.3 is 11.1 Å². The Labute approximate surface area is 124 Å². The quantitative estimate of drug-likeness (QED) is 0.760. The maximum absolute atomic E-state index is 11.5. The van der Waals surface area contributed by atoms with E-state index in [2.05, 4.69) is 5.32 Å². The second-order valence-corrected chi connectivity index (χ2v) is 5.55. The van der Waals surface area contributed by atoms with Crippen LogP contribution in [0.5, 0.6) is 0 Å². The third kappa shape index (κ3) is 6.81. The molecule has 0 saturated carbocycles. The van der Waals surface area contributed by atoms with Crippen molar-refractivity contribution >= 4 is 29.1 Å². The molecule has 106 valence electrons. The zero-order valence-electron chi connectivity index (χ0n) is 11.1. The second-order valence-electron chi connectivity index (χ2n) is 4.71. The molecule has 0 spiro atoms. The first-order valence-corrected chi connectivity index (χ1v) is 7.21. The molecule has 0 fully saturated rings. The molecule has 1 aromatic rings. The van der Waals surface area contributed by atoms with Gasteiger partial charge in [-0.15, -0.1) is 0 Å². The van der Waals surface area contributed by atoms with Gasteiger partial charge in [-0.05, 0) is 43.9 Å². The number of nitrogens with one attached hydrogen (secondary N) is 1. The molecule has 1 rings (SSSR count). The molecule has 1 aromatic carbocycles. The van der Waals surface area contributed by atoms with Crippen LogP contribution in [0.15, 0.2) is 18.2 Å². The molecule has 0 aliphatic carbocycles. The molecule has 0 heterocycles. The molecule has 0 aliphatic rings. The molecule has 5 heteroatoms. The summed E-state index contributed by atoms with van der Waals surface area (Å²) in [6, 6.07) is 5.55. The highest BCUT2D eigenvalue weighted by atomic mass is 35.5. The molecule has 1 amide bonds. The number of hydrogen-bond acceptors (Lipinski definition) is 2. The van der Waals surface area contributed by atoms with Gasteiger partial charge >= 0.3 is 0 Å². The van der Waals surface area contributed by atoms with Gasteiger partial charge in [-0.1, -0.05) is 29.3 Å². The molecule has 0 aliphatic heterocycles. The van der Waals surface area contributed by atoms with Crippen molar-refractivity contribution in [1.29, 1.82) is 0 Å². The van der Waals surface area contributed by atoms with E-state index in [-0.39, 0.29) is 11.9 Å². The number of hydrogen-bond donors (Lipinski definition) is 2. The average Bonchev–Trinajstić information content (AvgIpc) is 2.34. The minimum absolute atomic E-state index is 0.0551. The summed E-state index contributed by atoms with van der Waals surface area (Å²) in [5.74, 6) is 0.0551. The van der Waals surface area contributed by atoms with Gasteiger partial charge in [-0.2, -0.15) is 0 Å². The van der Waals surface area contributed by atoms with Gasteiger partial charge in [-0.3, -0.25) is 4.79 Å². The Hall–Kier alpha value is -0.770. The summed E-state index contributed by atoms with van der Waals surface area (Å²) >= 11 is 11.9. The zero-order valence-corrected chi connectivity index (χ0v) is 12.6. The van der Waals surface area contributed by atoms with Crippen LogP contribution in [0, 0.1) is 0 Å². The van der Waals surface area contributed by atoms with Gasteiger partial charge in [-0.25, -0.2) is 0 Å². The number of amides is 1. The SMILES string of the molecule is CC(N)CCC(=O)NCCCc1ccc(Cl)cc1Cl. The molecule has 0 saturated heterocycles. The van der Waals surface area contributed by atoms with Gasteiger partial charge in [0.15, 0.2) is 0 Å². The van der Waals surface area contributed by atoms with Gasteiger partial charge in [0.25, 0.3) is 0 Å². The van der Waals surface area contributed by atoms with Crippen LogP contribution in [0.3, 0.4) is 0 Å². The van der Waals surface area contributed by atoms with E-state index in [1.165, 1.54) is 0 Å². The fourth-order valence-corrected chi connectivity index (χ4v) is 2.18. The number of benzene rings is 1. The number of carbonyl (C=O) groups excluding carboxylic acids is 1. The monoisotopic (exact) mass is 302 g/mol. The summed E-state index contributed by atoms with van der Waals surface area (Å²) in [5, 5.41) is 4.19. The molecule has 19 heavy (non-hydrogen) atoms. The maximum Gasteiger partial charge on any atom is 0.220 e. The van der Waals surface area contributed by atoms with Crippen LogP contribution < -0.4 is 11.1 Å². The Morgan fingerprint density at radius 2 is 2.16 bits per heavy atom. The van der Waals surface area contributed by atoms with Gasteiger partial charge in [0, 0.05) is 29.1 Å². The molecular weight excluding hydrogens is 283 g/mol. The Bertz CT molecular complexity index is 422. The van der Waals surface area contributed by atoms with Crippen LogP contribution in [0.1, 0.15) is 31.7 Å². The highest BCUT2D eigenvalue weighted by Gasteiger charge is 2.04. The molecule has 0 aromatic heterocycles. The third-order valence-corrected chi connectivity index (χ3v) is 3.37. The highest BCUT2D eigenvalue weighted by Crippen LogP contribution is 2.21. The van der Waals surface area contributed by atoms with E-state index < -0.39 is 0 Å². The largest absolute Gasteiger partial charge is 0.356 e. The summed E-state index contributed by atoms with van der Waals surface area (Å²) in [6.07, 6.45) is 2.88. The molecule has 0 radical (unpaired) electrons. The predicted octanol–water partition coefficient (Wildman–Crippen LogP) is 3.17. The fourth-order valence-electron chi connectivity index (χ4n) is 1.68. The van der Waals surface area contributed by atoms with Crippen molar-refractivity contribution in [2.45, 2.75) is 38.6 Å². The zero-order chi connectivity index (χ0) is 14.3. The van der Waals surface area contributed by atoms with Crippen molar-refractivity contribution in [2.75, 3.05) is 6.54 Å². The molecule has 1 atom stereocenters. The minimum atomic E-state index is 0.0551. The van der Waals surface area contributed by atoms with Crippen molar-refractivity contribution in [3.05, 3.63) is 33.8 Å². The number of rotatable bonds is 7. The van der Waals surface area contributed by atoms with Crippen LogP contribution in [0.25, 0.3) is 0 Å². The topological polar surface area (TPSA) is 55.1 Å². The van der Waals surface area contributed by atoms with Gasteiger partial charge in [0.2, 0.25) is 5.91 Å². The van der Waals surface area contributed by atoms with E-state index in [0.717, 1.165) is 24.8 Å². The minimum Gasteiger partial charge on any atom is -0.356 e. The summed E-state index contributed by atoms with van der Waals surface area (Å²) in [5.41, 5.74) is 6.65. The lowest BCUT2D eigenvalue weighted by molar-refractivity contribution is -0.121. The van der Waals surface area contributed by atoms with Crippen LogP contribution in [0.4, 0.5) is 0 Å². The summed E-state index contributed by atoms with van der Waals surface area (Å²) in [7, 11) is 0. The van der Waals surface area contributed by atoms with Crippen LogP contribution >= 0.6 is 23.2 Å². The first-order chi connectivity index (χ1) is 8.99. The summed E-state index contributed by atoms with van der Waals surface area (Å²) < 4.78 is 0. The van der Waals surface area contributed by atoms with Crippen molar-refractivity contribution in [1.82, 2.24) is 5.32 Å². The van der Waals surface area contributed by atoms with E-state index in [9.17, 15) is 4.79 Å². The van der Waals surface area contributed by atoms with Crippen LogP contribution in [-0.2, 0) is 11.2 Å². The smallest absolute Gasteiger partial charge is 0.220 e. The molecular formula is C14H20Cl2N2O. The first-order valence-electron chi connectivity index (χ1n) is 6.45. The van der Waals surface area contributed by atoms with E-state index in [1.54, 1.807) is 6.07 Å². The second kappa shape index (κ2) is 8.41. The normalized spacial score (nSPS) is 12.2. The third-order valence-electron chi connectivity index (χ3n) is 2.79. The fraction of sp³-hybridized carbons (Fsp3) is 0.500. The highest BCUT2D eigenvalue weighted by molar-refractivity contribution is 6.35. The Balaban J connectivity index is 2.22. The first kappa shape index (κ1) is 16.3. The maximum atomic E-state index is 11.5. The lowest BCUT2D eigenvalue weighted by Gasteiger charge is -2.08. The lowest BCUT2D eigenvalue weighted by atomic mass is 10.1. The van der Waals surface area contributed by atoms with Gasteiger partial charge in [0.05, 0.1) is 0 Å². The molecule has 3 nitrogen and oxygen atoms in total.